The molecule has 1 N–H and O–H groups in total. The van der Waals surface area contributed by atoms with E-state index >= 15 is 0 Å². The van der Waals surface area contributed by atoms with Gasteiger partial charge in [0.2, 0.25) is 17.8 Å². The Morgan fingerprint density at radius 1 is 1.35 bits per heavy atom. The monoisotopic (exact) mass is 320 g/mol. The molecule has 0 bridgehead atoms. The number of likely N-dealkylation sites (tertiary alicyclic amines) is 1. The molecule has 126 valence electrons. The smallest absolute Gasteiger partial charge is 0.227 e. The van der Waals surface area contributed by atoms with Crippen LogP contribution in [0.15, 0.2) is 6.33 Å². The Bertz CT molecular complexity index is 538. The lowest BCUT2D eigenvalue weighted by Crippen LogP contribution is -2.53. The van der Waals surface area contributed by atoms with Gasteiger partial charge >= 0.3 is 0 Å². The molecule has 2 aliphatic heterocycles. The Morgan fingerprint density at radius 2 is 2.13 bits per heavy atom. The quantitative estimate of drug-likeness (QED) is 0.850. The van der Waals surface area contributed by atoms with E-state index in [1.54, 1.807) is 0 Å². The highest BCUT2D eigenvalue weighted by molar-refractivity contribution is 5.84. The largest absolute Gasteiger partial charge is 0.342 e. The molecule has 0 spiro atoms. The van der Waals surface area contributed by atoms with Gasteiger partial charge in [0, 0.05) is 45.7 Å². The Kier molecular flexibility index (Phi) is 4.78. The molecule has 0 radical (unpaired) electrons. The third-order valence-electron chi connectivity index (χ3n) is 4.64. The number of anilines is 1. The van der Waals surface area contributed by atoms with Crippen molar-refractivity contribution in [2.24, 2.45) is 5.92 Å². The minimum Gasteiger partial charge on any atom is -0.342 e. The normalized spacial score (nSPS) is 22.6. The van der Waals surface area contributed by atoms with Crippen molar-refractivity contribution in [3.8, 4) is 0 Å². The summed E-state index contributed by atoms with van der Waals surface area (Å²) in [5.41, 5.74) is 0. The van der Waals surface area contributed by atoms with Crippen molar-refractivity contribution in [2.45, 2.75) is 26.2 Å². The summed E-state index contributed by atoms with van der Waals surface area (Å²) in [5, 5.41) is 6.72. The lowest BCUT2D eigenvalue weighted by Gasteiger charge is -2.38. The van der Waals surface area contributed by atoms with E-state index in [1.807, 2.05) is 9.80 Å². The molecule has 0 aliphatic carbocycles. The van der Waals surface area contributed by atoms with E-state index in [-0.39, 0.29) is 17.7 Å². The zero-order valence-corrected chi connectivity index (χ0v) is 13.6. The second-order valence-corrected chi connectivity index (χ2v) is 6.20. The van der Waals surface area contributed by atoms with Crippen molar-refractivity contribution in [3.05, 3.63) is 6.33 Å². The molecule has 3 rings (SSSR count). The Labute approximate surface area is 135 Å². The summed E-state index contributed by atoms with van der Waals surface area (Å²) in [7, 11) is 0. The first kappa shape index (κ1) is 15.8. The molecule has 2 aliphatic rings. The van der Waals surface area contributed by atoms with Crippen LogP contribution in [0.25, 0.3) is 0 Å². The first-order valence-corrected chi connectivity index (χ1v) is 8.36. The summed E-state index contributed by atoms with van der Waals surface area (Å²) in [6.45, 7) is 6.28. The van der Waals surface area contributed by atoms with Gasteiger partial charge < -0.3 is 14.7 Å². The molecular weight excluding hydrogens is 296 g/mol. The molecule has 8 nitrogen and oxygen atoms in total. The summed E-state index contributed by atoms with van der Waals surface area (Å²) in [6, 6.07) is 0. The highest BCUT2D eigenvalue weighted by Gasteiger charge is 2.33. The standard InChI is InChI=1S/C15H24N6O2/c1-2-5-21-10-12(3-4-13(21)22)14(23)19-6-8-20(9-7-19)15-16-11-17-18-15/h11-12H,2-10H2,1H3,(H,16,17,18)/t12-/m1/s1. The number of nitrogens with one attached hydrogen (secondary N) is 1. The maximum atomic E-state index is 12.7. The minimum absolute atomic E-state index is 0.0453. The highest BCUT2D eigenvalue weighted by Crippen LogP contribution is 2.21. The number of hydrogen-bond acceptors (Lipinski definition) is 5. The molecule has 2 amide bonds. The highest BCUT2D eigenvalue weighted by atomic mass is 16.2. The third kappa shape index (κ3) is 3.46. The fourth-order valence-electron chi connectivity index (χ4n) is 3.35. The lowest BCUT2D eigenvalue weighted by molar-refractivity contribution is -0.143. The topological polar surface area (TPSA) is 85.4 Å². The SMILES string of the molecule is CCCN1C[C@H](C(=O)N2CCN(c3ncn[nH]3)CC2)CCC1=O. The summed E-state index contributed by atoms with van der Waals surface area (Å²) in [4.78, 5) is 34.6. The Balaban J connectivity index is 1.54. The van der Waals surface area contributed by atoms with E-state index in [0.717, 1.165) is 32.0 Å². The third-order valence-corrected chi connectivity index (χ3v) is 4.64. The van der Waals surface area contributed by atoms with E-state index in [0.29, 0.717) is 32.5 Å². The Hall–Kier alpha value is -2.12. The van der Waals surface area contributed by atoms with Gasteiger partial charge in [0.1, 0.15) is 6.33 Å². The van der Waals surface area contributed by atoms with Gasteiger partial charge in [-0.2, -0.15) is 10.1 Å². The van der Waals surface area contributed by atoms with Crippen LogP contribution in [0.3, 0.4) is 0 Å². The second-order valence-electron chi connectivity index (χ2n) is 6.20. The van der Waals surface area contributed by atoms with Crippen LogP contribution in [-0.2, 0) is 9.59 Å². The molecule has 8 heteroatoms. The van der Waals surface area contributed by atoms with Gasteiger partial charge in [-0.3, -0.25) is 9.59 Å². The molecule has 0 saturated carbocycles. The van der Waals surface area contributed by atoms with Crippen molar-refractivity contribution < 1.29 is 9.59 Å². The zero-order chi connectivity index (χ0) is 16.2. The zero-order valence-electron chi connectivity index (χ0n) is 13.6. The van der Waals surface area contributed by atoms with Crippen molar-refractivity contribution in [1.82, 2.24) is 25.0 Å². The minimum atomic E-state index is -0.0453. The number of amides is 2. The fraction of sp³-hybridized carbons (Fsp3) is 0.733. The van der Waals surface area contributed by atoms with Crippen LogP contribution >= 0.6 is 0 Å². The number of hydrogen-bond donors (Lipinski definition) is 1. The van der Waals surface area contributed by atoms with Gasteiger partial charge in [0.05, 0.1) is 5.92 Å². The number of H-pyrrole nitrogens is 1. The molecular formula is C15H24N6O2. The van der Waals surface area contributed by atoms with Crippen LogP contribution in [0.5, 0.6) is 0 Å². The molecule has 1 aromatic heterocycles. The van der Waals surface area contributed by atoms with E-state index in [4.69, 9.17) is 0 Å². The fourth-order valence-corrected chi connectivity index (χ4v) is 3.35. The maximum absolute atomic E-state index is 12.7. The van der Waals surface area contributed by atoms with Gasteiger partial charge in [-0.25, -0.2) is 5.10 Å². The van der Waals surface area contributed by atoms with Gasteiger partial charge in [-0.1, -0.05) is 6.92 Å². The van der Waals surface area contributed by atoms with Gasteiger partial charge in [-0.05, 0) is 12.8 Å². The number of nitrogens with zero attached hydrogens (tertiary/aromatic N) is 5. The summed E-state index contributed by atoms with van der Waals surface area (Å²) in [5.74, 6) is 1.09. The molecule has 0 unspecified atom stereocenters. The van der Waals surface area contributed by atoms with Crippen LogP contribution < -0.4 is 4.90 Å². The average Bonchev–Trinajstić information content (AvgIpc) is 3.11. The maximum Gasteiger partial charge on any atom is 0.227 e. The number of carbonyl (C=O) groups excluding carboxylic acids is 2. The van der Waals surface area contributed by atoms with E-state index in [9.17, 15) is 9.59 Å². The van der Waals surface area contributed by atoms with Gasteiger partial charge in [0.15, 0.2) is 0 Å². The van der Waals surface area contributed by atoms with Crippen molar-refractivity contribution in [2.75, 3.05) is 44.2 Å². The number of carbonyl (C=O) groups is 2. The van der Waals surface area contributed by atoms with Crippen LogP contribution in [-0.4, -0.2) is 76.1 Å². The van der Waals surface area contributed by atoms with E-state index in [2.05, 4.69) is 27.0 Å². The predicted molar refractivity (Wildman–Crippen MR) is 84.8 cm³/mol. The number of rotatable bonds is 4. The Morgan fingerprint density at radius 3 is 2.78 bits per heavy atom. The van der Waals surface area contributed by atoms with Crippen LogP contribution in [0.1, 0.15) is 26.2 Å². The number of piperazine rings is 1. The molecule has 23 heavy (non-hydrogen) atoms. The van der Waals surface area contributed by atoms with E-state index < -0.39 is 0 Å². The van der Waals surface area contributed by atoms with Gasteiger partial charge in [0.25, 0.3) is 0 Å². The number of aromatic amines is 1. The summed E-state index contributed by atoms with van der Waals surface area (Å²) in [6.07, 6.45) is 3.60. The number of aromatic nitrogens is 3. The van der Waals surface area contributed by atoms with Crippen molar-refractivity contribution >= 4 is 17.8 Å². The van der Waals surface area contributed by atoms with Crippen molar-refractivity contribution in [1.29, 1.82) is 0 Å². The molecule has 2 saturated heterocycles. The predicted octanol–water partition coefficient (Wildman–Crippen LogP) is 0.102. The lowest BCUT2D eigenvalue weighted by atomic mass is 9.95. The molecule has 1 atom stereocenters. The summed E-state index contributed by atoms with van der Waals surface area (Å²) >= 11 is 0. The molecule has 3 heterocycles. The van der Waals surface area contributed by atoms with Crippen LogP contribution in [0, 0.1) is 5.92 Å². The molecule has 1 aromatic rings. The average molecular weight is 320 g/mol. The van der Waals surface area contributed by atoms with Crippen molar-refractivity contribution in [3.63, 3.8) is 0 Å². The summed E-state index contributed by atoms with van der Waals surface area (Å²) < 4.78 is 0. The number of piperidine rings is 1. The van der Waals surface area contributed by atoms with Crippen LogP contribution in [0.2, 0.25) is 0 Å². The van der Waals surface area contributed by atoms with Gasteiger partial charge in [-0.15, -0.1) is 0 Å². The second kappa shape index (κ2) is 6.97. The van der Waals surface area contributed by atoms with E-state index in [1.165, 1.54) is 6.33 Å². The van der Waals surface area contributed by atoms with Crippen LogP contribution in [0.4, 0.5) is 5.95 Å². The first-order chi connectivity index (χ1) is 11.2. The molecule has 0 aromatic carbocycles. The first-order valence-electron chi connectivity index (χ1n) is 8.36. The molecule has 2 fully saturated rings.